The second-order valence-corrected chi connectivity index (χ2v) is 7.12. The van der Waals surface area contributed by atoms with E-state index in [1.807, 2.05) is 0 Å². The minimum Gasteiger partial charge on any atom is -0.477 e. The summed E-state index contributed by atoms with van der Waals surface area (Å²) in [5.74, 6) is 0.735. The van der Waals surface area contributed by atoms with Crippen LogP contribution in [0.5, 0.6) is 0 Å². The molecule has 0 atom stereocenters. The molecule has 20 heavy (non-hydrogen) atoms. The summed E-state index contributed by atoms with van der Waals surface area (Å²) in [5, 5.41) is 10.6. The Balaban J connectivity index is 1.71. The molecule has 4 nitrogen and oxygen atoms in total. The third-order valence-corrected chi connectivity index (χ3v) is 5.91. The lowest BCUT2D eigenvalue weighted by molar-refractivity contribution is -0.132. The summed E-state index contributed by atoms with van der Waals surface area (Å²) in [5.41, 5.74) is 0. The van der Waals surface area contributed by atoms with E-state index in [1.165, 1.54) is 32.1 Å². The lowest BCUT2D eigenvalue weighted by atomic mass is 9.54. The van der Waals surface area contributed by atoms with E-state index >= 15 is 0 Å². The highest BCUT2D eigenvalue weighted by atomic mass is 35.5. The molecule has 0 aromatic heterocycles. The number of halogens is 2. The third-order valence-electron chi connectivity index (χ3n) is 5.10. The van der Waals surface area contributed by atoms with E-state index in [4.69, 9.17) is 28.3 Å². The van der Waals surface area contributed by atoms with E-state index in [1.54, 1.807) is 0 Å². The van der Waals surface area contributed by atoms with Crippen LogP contribution in [0, 0.1) is 23.7 Å². The summed E-state index contributed by atoms with van der Waals surface area (Å²) in [7, 11) is 0. The van der Waals surface area contributed by atoms with E-state index in [-0.39, 0.29) is 6.04 Å². The summed E-state index contributed by atoms with van der Waals surface area (Å²) < 4.78 is 0. The van der Waals surface area contributed by atoms with Crippen LogP contribution < -0.4 is 5.32 Å². The Kier molecular flexibility index (Phi) is 3.71. The topological polar surface area (TPSA) is 66.4 Å². The molecular formula is C14H17Cl2NO3. The van der Waals surface area contributed by atoms with E-state index in [9.17, 15) is 9.59 Å². The van der Waals surface area contributed by atoms with Crippen LogP contribution in [0.15, 0.2) is 10.1 Å². The molecule has 0 aromatic carbocycles. The molecule has 4 saturated carbocycles. The molecule has 0 radical (unpaired) electrons. The quantitative estimate of drug-likeness (QED) is 0.786. The van der Waals surface area contributed by atoms with E-state index < -0.39 is 21.9 Å². The second kappa shape index (κ2) is 5.23. The number of hydrogen-bond acceptors (Lipinski definition) is 2. The van der Waals surface area contributed by atoms with Crippen LogP contribution in [0.2, 0.25) is 0 Å². The van der Waals surface area contributed by atoms with Gasteiger partial charge in [0.15, 0.2) is 0 Å². The van der Waals surface area contributed by atoms with Crippen LogP contribution in [0.4, 0.5) is 0 Å². The second-order valence-electron chi connectivity index (χ2n) is 6.36. The molecule has 0 unspecified atom stereocenters. The number of nitrogens with one attached hydrogen (secondary N) is 1. The summed E-state index contributed by atoms with van der Waals surface area (Å²) in [6, 6.07) is 0.127. The van der Waals surface area contributed by atoms with E-state index in [0.29, 0.717) is 11.8 Å². The lowest BCUT2D eigenvalue weighted by Gasteiger charge is -2.54. The van der Waals surface area contributed by atoms with Crippen molar-refractivity contribution < 1.29 is 14.7 Å². The molecule has 0 saturated heterocycles. The first-order valence-corrected chi connectivity index (χ1v) is 7.80. The lowest BCUT2D eigenvalue weighted by Crippen LogP contribution is -2.55. The Bertz CT molecular complexity index is 461. The first-order valence-electron chi connectivity index (χ1n) is 7.05. The molecule has 0 spiro atoms. The van der Waals surface area contributed by atoms with Gasteiger partial charge in [0.25, 0.3) is 5.91 Å². The number of rotatable bonds is 3. The Morgan fingerprint density at radius 2 is 1.40 bits per heavy atom. The van der Waals surface area contributed by atoms with Gasteiger partial charge >= 0.3 is 5.97 Å². The molecule has 0 aliphatic heterocycles. The number of aliphatic carboxylic acids is 1. The maximum atomic E-state index is 12.0. The number of carboxylic acids is 1. The minimum absolute atomic E-state index is 0.127. The monoisotopic (exact) mass is 317 g/mol. The summed E-state index contributed by atoms with van der Waals surface area (Å²) >= 11 is 11.3. The molecular weight excluding hydrogens is 301 g/mol. The molecule has 0 aromatic rings. The number of amides is 1. The Morgan fingerprint density at radius 1 is 0.900 bits per heavy atom. The molecule has 4 fully saturated rings. The Morgan fingerprint density at radius 3 is 1.85 bits per heavy atom. The zero-order valence-corrected chi connectivity index (χ0v) is 12.5. The summed E-state index contributed by atoms with van der Waals surface area (Å²) in [6.07, 6.45) is 6.04. The normalized spacial score (nSPS) is 39.4. The van der Waals surface area contributed by atoms with Crippen LogP contribution in [-0.2, 0) is 9.59 Å². The molecule has 4 aliphatic rings. The van der Waals surface area contributed by atoms with E-state index in [0.717, 1.165) is 11.8 Å². The van der Waals surface area contributed by atoms with Crippen molar-refractivity contribution in [2.75, 3.05) is 0 Å². The van der Waals surface area contributed by atoms with E-state index in [2.05, 4.69) is 5.32 Å². The Hall–Kier alpha value is -0.740. The molecule has 1 amide bonds. The fraction of sp³-hybridized carbons (Fsp3) is 0.714. The summed E-state index contributed by atoms with van der Waals surface area (Å²) in [4.78, 5) is 22.8. The van der Waals surface area contributed by atoms with Gasteiger partial charge in [0.1, 0.15) is 10.1 Å². The van der Waals surface area contributed by atoms with Crippen molar-refractivity contribution in [3.63, 3.8) is 0 Å². The number of carboxylic acid groups (broad SMARTS) is 1. The summed E-state index contributed by atoms with van der Waals surface area (Å²) in [6.45, 7) is 0. The van der Waals surface area contributed by atoms with Crippen LogP contribution in [0.1, 0.15) is 32.1 Å². The smallest absolute Gasteiger partial charge is 0.349 e. The van der Waals surface area contributed by atoms with Crippen molar-refractivity contribution in [2.45, 2.75) is 38.1 Å². The van der Waals surface area contributed by atoms with Gasteiger partial charge in [-0.2, -0.15) is 0 Å². The van der Waals surface area contributed by atoms with Crippen molar-refractivity contribution >= 4 is 35.1 Å². The molecule has 110 valence electrons. The van der Waals surface area contributed by atoms with Crippen LogP contribution in [0.25, 0.3) is 0 Å². The highest BCUT2D eigenvalue weighted by molar-refractivity contribution is 6.53. The highest BCUT2D eigenvalue weighted by Crippen LogP contribution is 2.53. The highest BCUT2D eigenvalue weighted by Gasteiger charge is 2.48. The van der Waals surface area contributed by atoms with Gasteiger partial charge in [-0.1, -0.05) is 23.2 Å². The predicted molar refractivity (Wildman–Crippen MR) is 75.3 cm³/mol. The first kappa shape index (κ1) is 14.2. The van der Waals surface area contributed by atoms with Crippen molar-refractivity contribution in [1.82, 2.24) is 5.32 Å². The fourth-order valence-corrected chi connectivity index (χ4v) is 4.79. The van der Waals surface area contributed by atoms with Gasteiger partial charge in [-0.3, -0.25) is 4.79 Å². The van der Waals surface area contributed by atoms with Crippen LogP contribution in [0.3, 0.4) is 0 Å². The van der Waals surface area contributed by atoms with Gasteiger partial charge in [0.05, 0.1) is 0 Å². The molecule has 4 aliphatic carbocycles. The van der Waals surface area contributed by atoms with Gasteiger partial charge in [0.2, 0.25) is 0 Å². The van der Waals surface area contributed by atoms with Crippen molar-refractivity contribution in [3.05, 3.63) is 10.1 Å². The Labute approximate surface area is 127 Å². The van der Waals surface area contributed by atoms with Gasteiger partial charge in [0, 0.05) is 6.04 Å². The first-order chi connectivity index (χ1) is 9.45. The van der Waals surface area contributed by atoms with Crippen molar-refractivity contribution in [2.24, 2.45) is 23.7 Å². The number of carbonyl (C=O) groups excluding carboxylic acids is 1. The van der Waals surface area contributed by atoms with Crippen molar-refractivity contribution in [1.29, 1.82) is 0 Å². The maximum Gasteiger partial charge on any atom is 0.349 e. The molecule has 2 N–H and O–H groups in total. The molecule has 0 heterocycles. The molecule has 4 bridgehead atoms. The standard InChI is InChI=1S/C14H17Cl2NO3/c15-10(11(16)14(19)20)13(18)17-12-8-2-6-1-7(4-8)5-9(12)3-6/h6-9,12H,1-5H2,(H,17,18)(H,19,20)/b11-10+. The SMILES string of the molecule is O=C(O)/C(Cl)=C(\Cl)C(=O)NC1C2CC3CC(C2)CC1C3. The molecule has 4 rings (SSSR count). The largest absolute Gasteiger partial charge is 0.477 e. The maximum absolute atomic E-state index is 12.0. The van der Waals surface area contributed by atoms with Gasteiger partial charge < -0.3 is 10.4 Å². The van der Waals surface area contributed by atoms with Crippen molar-refractivity contribution in [3.8, 4) is 0 Å². The zero-order chi connectivity index (χ0) is 14.4. The zero-order valence-electron chi connectivity index (χ0n) is 10.9. The van der Waals surface area contributed by atoms with Crippen LogP contribution in [-0.4, -0.2) is 23.0 Å². The van der Waals surface area contributed by atoms with Gasteiger partial charge in [-0.25, -0.2) is 4.79 Å². The van der Waals surface area contributed by atoms with Crippen LogP contribution >= 0.6 is 23.2 Å². The van der Waals surface area contributed by atoms with Gasteiger partial charge in [-0.15, -0.1) is 0 Å². The van der Waals surface area contributed by atoms with Gasteiger partial charge in [-0.05, 0) is 55.8 Å². The third kappa shape index (κ3) is 2.44. The minimum atomic E-state index is -1.38. The predicted octanol–water partition coefficient (Wildman–Crippen LogP) is 2.70. The molecule has 6 heteroatoms. The fourth-order valence-electron chi connectivity index (χ4n) is 4.57. The average molecular weight is 318 g/mol. The number of carbonyl (C=O) groups is 2. The number of hydrogen-bond donors (Lipinski definition) is 2. The average Bonchev–Trinajstić information content (AvgIpc) is 2.40.